The molecule has 2 fully saturated rings. The fraction of sp³-hybridized carbons (Fsp3) is 0.600. The molecule has 3 rings (SSSR count). The van der Waals surface area contributed by atoms with Crippen molar-refractivity contribution in [1.82, 2.24) is 15.3 Å². The van der Waals surface area contributed by atoms with Crippen LogP contribution in [0.5, 0.6) is 0 Å². The highest BCUT2D eigenvalue weighted by Crippen LogP contribution is 2.36. The zero-order chi connectivity index (χ0) is 12.1. The molecule has 0 radical (unpaired) electrons. The van der Waals surface area contributed by atoms with Crippen molar-refractivity contribution in [2.45, 2.75) is 6.18 Å². The van der Waals surface area contributed by atoms with Gasteiger partial charge in [0.05, 0.1) is 12.4 Å². The summed E-state index contributed by atoms with van der Waals surface area (Å²) >= 11 is 0. The molecular weight excluding hydrogens is 233 g/mol. The number of rotatable bonds is 1. The van der Waals surface area contributed by atoms with E-state index in [1.54, 1.807) is 0 Å². The van der Waals surface area contributed by atoms with Crippen LogP contribution in [0, 0.1) is 5.41 Å². The molecule has 7 heteroatoms. The minimum atomic E-state index is -4.42. The normalized spacial score (nSPS) is 22.2. The summed E-state index contributed by atoms with van der Waals surface area (Å²) in [6.07, 6.45) is -2.43. The number of aromatic nitrogens is 2. The fourth-order valence-corrected chi connectivity index (χ4v) is 2.26. The van der Waals surface area contributed by atoms with Crippen LogP contribution in [0.1, 0.15) is 5.69 Å². The smallest absolute Gasteiger partial charge is 0.354 e. The maximum atomic E-state index is 12.3. The number of hydrogen-bond acceptors (Lipinski definition) is 4. The number of nitrogens with one attached hydrogen (secondary N) is 1. The first kappa shape index (κ1) is 10.8. The second-order valence-electron chi connectivity index (χ2n) is 4.72. The number of hydrogen-bond donors (Lipinski definition) is 1. The molecule has 17 heavy (non-hydrogen) atoms. The number of halogens is 3. The molecule has 0 bridgehead atoms. The largest absolute Gasteiger partial charge is 0.434 e. The van der Waals surface area contributed by atoms with Crippen LogP contribution in [0.15, 0.2) is 12.4 Å². The van der Waals surface area contributed by atoms with E-state index >= 15 is 0 Å². The van der Waals surface area contributed by atoms with E-state index in [4.69, 9.17) is 0 Å². The summed E-state index contributed by atoms with van der Waals surface area (Å²) in [5, 5.41) is 3.19. The van der Waals surface area contributed by atoms with Crippen LogP contribution in [0.25, 0.3) is 0 Å². The molecule has 1 N–H and O–H groups in total. The molecule has 1 aromatic rings. The summed E-state index contributed by atoms with van der Waals surface area (Å²) in [5.41, 5.74) is -0.619. The summed E-state index contributed by atoms with van der Waals surface area (Å²) < 4.78 is 36.8. The summed E-state index contributed by atoms with van der Waals surface area (Å²) in [6.45, 7) is 3.66. The van der Waals surface area contributed by atoms with Gasteiger partial charge in [0.15, 0.2) is 5.69 Å². The molecule has 0 atom stereocenters. The lowest BCUT2D eigenvalue weighted by molar-refractivity contribution is -0.141. The van der Waals surface area contributed by atoms with E-state index in [2.05, 4.69) is 15.3 Å². The van der Waals surface area contributed by atoms with Gasteiger partial charge in [-0.3, -0.25) is 0 Å². The van der Waals surface area contributed by atoms with Gasteiger partial charge in [-0.05, 0) is 0 Å². The molecule has 0 aromatic carbocycles. The molecule has 1 spiro atoms. The minimum absolute atomic E-state index is 0.324. The predicted octanol–water partition coefficient (Wildman–Crippen LogP) is 0.905. The van der Waals surface area contributed by atoms with Gasteiger partial charge in [0.25, 0.3) is 0 Å². The van der Waals surface area contributed by atoms with Gasteiger partial charge in [-0.15, -0.1) is 0 Å². The third-order valence-electron chi connectivity index (χ3n) is 3.31. The van der Waals surface area contributed by atoms with Crippen molar-refractivity contribution in [1.29, 1.82) is 0 Å². The topological polar surface area (TPSA) is 41.1 Å². The highest BCUT2D eigenvalue weighted by atomic mass is 19.4. The Bertz CT molecular complexity index is 416. The molecule has 4 nitrogen and oxygen atoms in total. The molecule has 92 valence electrons. The second-order valence-corrected chi connectivity index (χ2v) is 4.72. The molecule has 0 unspecified atom stereocenters. The van der Waals surface area contributed by atoms with Crippen LogP contribution >= 0.6 is 0 Å². The van der Waals surface area contributed by atoms with Gasteiger partial charge >= 0.3 is 6.18 Å². The third-order valence-corrected chi connectivity index (χ3v) is 3.31. The Morgan fingerprint density at radius 1 is 1.18 bits per heavy atom. The second kappa shape index (κ2) is 3.32. The van der Waals surface area contributed by atoms with E-state index in [1.807, 2.05) is 4.90 Å². The molecule has 2 aliphatic heterocycles. The maximum Gasteiger partial charge on any atom is 0.434 e. The van der Waals surface area contributed by atoms with Gasteiger partial charge in [0.2, 0.25) is 0 Å². The summed E-state index contributed by atoms with van der Waals surface area (Å²) in [5.74, 6) is 0.524. The van der Waals surface area contributed by atoms with E-state index in [1.165, 1.54) is 6.20 Å². The average Bonchev–Trinajstić information content (AvgIpc) is 2.12. The zero-order valence-electron chi connectivity index (χ0n) is 8.96. The van der Waals surface area contributed by atoms with Crippen LogP contribution in [0.4, 0.5) is 19.0 Å². The SMILES string of the molecule is FC(F)(F)c1cnc(N2CC3(CNC3)C2)cn1. The quantitative estimate of drug-likeness (QED) is 0.797. The molecule has 2 saturated heterocycles. The van der Waals surface area contributed by atoms with Crippen LogP contribution in [-0.2, 0) is 6.18 Å². The van der Waals surface area contributed by atoms with Crippen LogP contribution in [0.2, 0.25) is 0 Å². The monoisotopic (exact) mass is 244 g/mol. The maximum absolute atomic E-state index is 12.3. The number of nitrogens with zero attached hydrogens (tertiary/aromatic N) is 3. The van der Waals surface area contributed by atoms with Crippen LogP contribution in [-0.4, -0.2) is 36.1 Å². The van der Waals surface area contributed by atoms with E-state index in [0.717, 1.165) is 32.4 Å². The van der Waals surface area contributed by atoms with Gasteiger partial charge in [-0.25, -0.2) is 9.97 Å². The van der Waals surface area contributed by atoms with Crippen molar-refractivity contribution in [3.8, 4) is 0 Å². The first-order valence-corrected chi connectivity index (χ1v) is 5.34. The van der Waals surface area contributed by atoms with Crippen molar-refractivity contribution in [3.05, 3.63) is 18.1 Å². The van der Waals surface area contributed by atoms with Gasteiger partial charge in [0, 0.05) is 31.6 Å². The third kappa shape index (κ3) is 1.74. The Morgan fingerprint density at radius 3 is 2.29 bits per heavy atom. The van der Waals surface area contributed by atoms with Crippen LogP contribution in [0.3, 0.4) is 0 Å². The molecule has 2 aliphatic rings. The van der Waals surface area contributed by atoms with Crippen LogP contribution < -0.4 is 10.2 Å². The first-order valence-electron chi connectivity index (χ1n) is 5.34. The summed E-state index contributed by atoms with van der Waals surface area (Å²) in [7, 11) is 0. The Labute approximate surface area is 95.9 Å². The molecule has 1 aromatic heterocycles. The van der Waals surface area contributed by atoms with E-state index < -0.39 is 11.9 Å². The molecule has 0 aliphatic carbocycles. The average molecular weight is 244 g/mol. The van der Waals surface area contributed by atoms with Gasteiger partial charge in [-0.1, -0.05) is 0 Å². The Balaban J connectivity index is 1.69. The molecule has 3 heterocycles. The zero-order valence-corrected chi connectivity index (χ0v) is 8.96. The van der Waals surface area contributed by atoms with E-state index in [-0.39, 0.29) is 0 Å². The summed E-state index contributed by atoms with van der Waals surface area (Å²) in [6, 6.07) is 0. The van der Waals surface area contributed by atoms with Gasteiger partial charge < -0.3 is 10.2 Å². The van der Waals surface area contributed by atoms with E-state index in [9.17, 15) is 13.2 Å². The van der Waals surface area contributed by atoms with Crippen molar-refractivity contribution in [2.75, 3.05) is 31.1 Å². The Kier molecular flexibility index (Phi) is 2.10. The van der Waals surface area contributed by atoms with Crippen molar-refractivity contribution in [2.24, 2.45) is 5.41 Å². The minimum Gasteiger partial charge on any atom is -0.354 e. The highest BCUT2D eigenvalue weighted by Gasteiger charge is 2.48. The molecule has 0 saturated carbocycles. The lowest BCUT2D eigenvalue weighted by Gasteiger charge is -2.56. The lowest BCUT2D eigenvalue weighted by Crippen LogP contribution is -2.71. The van der Waals surface area contributed by atoms with Crippen molar-refractivity contribution < 1.29 is 13.2 Å². The molecular formula is C10H11F3N4. The van der Waals surface area contributed by atoms with Gasteiger partial charge in [0.1, 0.15) is 5.82 Å². The Hall–Kier alpha value is -1.37. The van der Waals surface area contributed by atoms with Crippen molar-refractivity contribution in [3.63, 3.8) is 0 Å². The summed E-state index contributed by atoms with van der Waals surface area (Å²) in [4.78, 5) is 9.17. The number of alkyl halides is 3. The standard InChI is InChI=1S/C10H11F3N4/c11-10(12,13)7-1-16-8(2-15-7)17-5-9(6-17)3-14-4-9/h1-2,14H,3-6H2. The Morgan fingerprint density at radius 2 is 1.88 bits per heavy atom. The lowest BCUT2D eigenvalue weighted by atomic mass is 9.74. The van der Waals surface area contributed by atoms with Crippen molar-refractivity contribution >= 4 is 5.82 Å². The van der Waals surface area contributed by atoms with Gasteiger partial charge in [-0.2, -0.15) is 13.2 Å². The fourth-order valence-electron chi connectivity index (χ4n) is 2.26. The molecule has 0 amide bonds. The predicted molar refractivity (Wildman–Crippen MR) is 54.5 cm³/mol. The highest BCUT2D eigenvalue weighted by molar-refractivity contribution is 5.42. The number of anilines is 1. The first-order chi connectivity index (χ1) is 7.99. The van der Waals surface area contributed by atoms with E-state index in [0.29, 0.717) is 11.2 Å².